The zero-order valence-electron chi connectivity index (χ0n) is 12.1. The number of rotatable bonds is 4. The Labute approximate surface area is 118 Å². The first-order chi connectivity index (χ1) is 9.43. The van der Waals surface area contributed by atoms with E-state index in [4.69, 9.17) is 0 Å². The summed E-state index contributed by atoms with van der Waals surface area (Å²) >= 11 is 0. The van der Waals surface area contributed by atoms with Crippen molar-refractivity contribution in [3.05, 3.63) is 46.8 Å². The molecule has 0 aliphatic heterocycles. The maximum Gasteiger partial charge on any atom is 0.251 e. The van der Waals surface area contributed by atoms with Crippen molar-refractivity contribution >= 4 is 16.8 Å². The summed E-state index contributed by atoms with van der Waals surface area (Å²) in [6.07, 6.45) is 0.836. The van der Waals surface area contributed by atoms with Gasteiger partial charge in [0.25, 0.3) is 5.56 Å². The van der Waals surface area contributed by atoms with Gasteiger partial charge in [-0.2, -0.15) is 0 Å². The second-order valence-electron chi connectivity index (χ2n) is 5.60. The number of hydrogen-bond acceptors (Lipinski definition) is 2. The molecule has 1 aromatic heterocycles. The number of benzene rings is 1. The molecule has 1 amide bonds. The van der Waals surface area contributed by atoms with Crippen LogP contribution in [0.1, 0.15) is 27.2 Å². The highest BCUT2D eigenvalue weighted by atomic mass is 16.2. The third-order valence-electron chi connectivity index (χ3n) is 3.56. The summed E-state index contributed by atoms with van der Waals surface area (Å²) in [7, 11) is 0. The van der Waals surface area contributed by atoms with Gasteiger partial charge in [-0.15, -0.1) is 0 Å². The van der Waals surface area contributed by atoms with Gasteiger partial charge in [-0.05, 0) is 37.8 Å². The highest BCUT2D eigenvalue weighted by molar-refractivity contribution is 5.82. The predicted octanol–water partition coefficient (Wildman–Crippen LogP) is 2.31. The Kier molecular flexibility index (Phi) is 3.93. The molecule has 0 atom stereocenters. The van der Waals surface area contributed by atoms with Gasteiger partial charge in [0.15, 0.2) is 0 Å². The SMILES string of the molecule is CCC(C)(C)NC(=O)Cn1c(=O)ccc2ccccc21. The lowest BCUT2D eigenvalue weighted by atomic mass is 10.0. The summed E-state index contributed by atoms with van der Waals surface area (Å²) < 4.78 is 1.51. The number of carbonyl (C=O) groups excluding carboxylic acids is 1. The molecule has 2 aromatic rings. The van der Waals surface area contributed by atoms with E-state index in [2.05, 4.69) is 5.32 Å². The number of carbonyl (C=O) groups is 1. The van der Waals surface area contributed by atoms with E-state index in [1.165, 1.54) is 10.6 Å². The van der Waals surface area contributed by atoms with Crippen molar-refractivity contribution in [1.29, 1.82) is 0 Å². The Hall–Kier alpha value is -2.10. The molecule has 0 fully saturated rings. The van der Waals surface area contributed by atoms with Crippen molar-refractivity contribution in [2.75, 3.05) is 0 Å². The Balaban J connectivity index is 2.32. The van der Waals surface area contributed by atoms with Gasteiger partial charge in [0.1, 0.15) is 6.54 Å². The van der Waals surface area contributed by atoms with Crippen LogP contribution in [0.2, 0.25) is 0 Å². The standard InChI is InChI=1S/C16H20N2O2/c1-4-16(2,3)17-14(19)11-18-13-8-6-5-7-12(13)9-10-15(18)20/h5-10H,4,11H2,1-3H3,(H,17,19). The van der Waals surface area contributed by atoms with E-state index in [1.807, 2.05) is 45.0 Å². The molecule has 0 aliphatic rings. The topological polar surface area (TPSA) is 51.1 Å². The first-order valence-electron chi connectivity index (χ1n) is 6.82. The summed E-state index contributed by atoms with van der Waals surface area (Å²) in [6, 6.07) is 10.8. The van der Waals surface area contributed by atoms with Crippen LogP contribution < -0.4 is 10.9 Å². The quantitative estimate of drug-likeness (QED) is 0.928. The zero-order chi connectivity index (χ0) is 14.8. The third kappa shape index (κ3) is 3.07. The van der Waals surface area contributed by atoms with Crippen molar-refractivity contribution in [3.63, 3.8) is 0 Å². The maximum absolute atomic E-state index is 12.1. The van der Waals surface area contributed by atoms with Crippen LogP contribution in [0.25, 0.3) is 10.9 Å². The average Bonchev–Trinajstić information content (AvgIpc) is 2.41. The molecule has 0 bridgehead atoms. The van der Waals surface area contributed by atoms with Crippen LogP contribution in [0.4, 0.5) is 0 Å². The Morgan fingerprint density at radius 3 is 2.60 bits per heavy atom. The van der Waals surface area contributed by atoms with Gasteiger partial charge in [0.2, 0.25) is 5.91 Å². The smallest absolute Gasteiger partial charge is 0.251 e. The molecule has 4 nitrogen and oxygen atoms in total. The fourth-order valence-electron chi connectivity index (χ4n) is 2.06. The summed E-state index contributed by atoms with van der Waals surface area (Å²) in [5.41, 5.74) is 0.364. The molecule has 2 rings (SSSR count). The van der Waals surface area contributed by atoms with Crippen LogP contribution in [0.5, 0.6) is 0 Å². The van der Waals surface area contributed by atoms with Crippen molar-refractivity contribution in [2.45, 2.75) is 39.3 Å². The van der Waals surface area contributed by atoms with E-state index in [1.54, 1.807) is 6.07 Å². The lowest BCUT2D eigenvalue weighted by Crippen LogP contribution is -2.45. The lowest BCUT2D eigenvalue weighted by Gasteiger charge is -2.24. The number of aromatic nitrogens is 1. The van der Waals surface area contributed by atoms with Gasteiger partial charge in [-0.3, -0.25) is 14.2 Å². The first kappa shape index (κ1) is 14.3. The van der Waals surface area contributed by atoms with Crippen molar-refractivity contribution in [3.8, 4) is 0 Å². The molecule has 0 unspecified atom stereocenters. The van der Waals surface area contributed by atoms with Crippen LogP contribution in [0, 0.1) is 0 Å². The second kappa shape index (κ2) is 5.49. The van der Waals surface area contributed by atoms with E-state index in [9.17, 15) is 9.59 Å². The van der Waals surface area contributed by atoms with Crippen molar-refractivity contribution < 1.29 is 4.79 Å². The Morgan fingerprint density at radius 1 is 1.20 bits per heavy atom. The van der Waals surface area contributed by atoms with Crippen LogP contribution in [0.15, 0.2) is 41.2 Å². The minimum absolute atomic E-state index is 0.0453. The number of fused-ring (bicyclic) bond motifs is 1. The van der Waals surface area contributed by atoms with Crippen LogP contribution in [-0.4, -0.2) is 16.0 Å². The van der Waals surface area contributed by atoms with E-state index >= 15 is 0 Å². The summed E-state index contributed by atoms with van der Waals surface area (Å²) in [5.74, 6) is -0.143. The molecule has 0 spiro atoms. The molecule has 0 aliphatic carbocycles. The Morgan fingerprint density at radius 2 is 1.90 bits per heavy atom. The molecule has 1 aromatic carbocycles. The van der Waals surface area contributed by atoms with Crippen LogP contribution >= 0.6 is 0 Å². The van der Waals surface area contributed by atoms with Gasteiger partial charge in [-0.25, -0.2) is 0 Å². The molecule has 1 heterocycles. The number of para-hydroxylation sites is 1. The molecule has 1 N–H and O–H groups in total. The number of nitrogens with zero attached hydrogens (tertiary/aromatic N) is 1. The lowest BCUT2D eigenvalue weighted by molar-refractivity contribution is -0.123. The monoisotopic (exact) mass is 272 g/mol. The van der Waals surface area contributed by atoms with Crippen molar-refractivity contribution in [1.82, 2.24) is 9.88 Å². The molecular formula is C16H20N2O2. The largest absolute Gasteiger partial charge is 0.350 e. The van der Waals surface area contributed by atoms with Gasteiger partial charge < -0.3 is 5.32 Å². The van der Waals surface area contributed by atoms with Gasteiger partial charge in [-0.1, -0.05) is 25.1 Å². The number of nitrogens with one attached hydrogen (secondary N) is 1. The third-order valence-corrected chi connectivity index (χ3v) is 3.56. The molecule has 0 radical (unpaired) electrons. The van der Waals surface area contributed by atoms with E-state index in [0.717, 1.165) is 17.3 Å². The van der Waals surface area contributed by atoms with E-state index in [-0.39, 0.29) is 23.6 Å². The van der Waals surface area contributed by atoms with Gasteiger partial charge in [0, 0.05) is 11.6 Å². The fourth-order valence-corrected chi connectivity index (χ4v) is 2.06. The van der Waals surface area contributed by atoms with E-state index < -0.39 is 0 Å². The van der Waals surface area contributed by atoms with Crippen molar-refractivity contribution in [2.24, 2.45) is 0 Å². The van der Waals surface area contributed by atoms with Crippen LogP contribution in [0.3, 0.4) is 0 Å². The molecular weight excluding hydrogens is 252 g/mol. The predicted molar refractivity (Wildman–Crippen MR) is 80.7 cm³/mol. The highest BCUT2D eigenvalue weighted by Gasteiger charge is 2.18. The Bertz CT molecular complexity index is 686. The van der Waals surface area contributed by atoms with Crippen LogP contribution in [-0.2, 0) is 11.3 Å². The minimum atomic E-state index is -0.259. The summed E-state index contributed by atoms with van der Waals surface area (Å²) in [6.45, 7) is 6.00. The summed E-state index contributed by atoms with van der Waals surface area (Å²) in [4.78, 5) is 24.1. The summed E-state index contributed by atoms with van der Waals surface area (Å²) in [5, 5.41) is 3.90. The zero-order valence-corrected chi connectivity index (χ0v) is 12.1. The second-order valence-corrected chi connectivity index (χ2v) is 5.60. The average molecular weight is 272 g/mol. The molecule has 0 saturated carbocycles. The number of hydrogen-bond donors (Lipinski definition) is 1. The minimum Gasteiger partial charge on any atom is -0.350 e. The molecule has 0 saturated heterocycles. The maximum atomic E-state index is 12.1. The van der Waals surface area contributed by atoms with Gasteiger partial charge in [0.05, 0.1) is 5.52 Å². The molecule has 20 heavy (non-hydrogen) atoms. The van der Waals surface area contributed by atoms with Gasteiger partial charge >= 0.3 is 0 Å². The highest BCUT2D eigenvalue weighted by Crippen LogP contribution is 2.11. The molecule has 106 valence electrons. The van der Waals surface area contributed by atoms with E-state index in [0.29, 0.717) is 0 Å². The first-order valence-corrected chi connectivity index (χ1v) is 6.82. The normalized spacial score (nSPS) is 11.6. The fraction of sp³-hybridized carbons (Fsp3) is 0.375. The number of pyridine rings is 1. The number of amides is 1. The molecule has 4 heteroatoms.